The second-order valence-electron chi connectivity index (χ2n) is 18.3. The van der Waals surface area contributed by atoms with Crippen LogP contribution < -0.4 is 10.2 Å². The number of aryl methyl sites for hydroxylation is 1. The van der Waals surface area contributed by atoms with Gasteiger partial charge >= 0.3 is 0 Å². The van der Waals surface area contributed by atoms with Crippen molar-refractivity contribution >= 4 is 45.8 Å². The quantitative estimate of drug-likeness (QED) is 0.0737. The summed E-state index contributed by atoms with van der Waals surface area (Å²) < 4.78 is 0. The Bertz CT molecular complexity index is 2560. The number of imide groups is 1. The summed E-state index contributed by atoms with van der Waals surface area (Å²) in [6.45, 7) is 22.1. The molecular formula is C51H57N7O4. The average molecular weight is 832 g/mol. The van der Waals surface area contributed by atoms with Crippen molar-refractivity contribution in [1.82, 2.24) is 25.0 Å². The molecule has 4 aliphatic heterocycles. The number of hydrogen-bond acceptors (Lipinski definition) is 7. The zero-order valence-electron chi connectivity index (χ0n) is 36.4. The Kier molecular flexibility index (Phi) is 11.5. The number of amides is 3. The molecular weight excluding hydrogens is 775 g/mol. The van der Waals surface area contributed by atoms with Crippen molar-refractivity contribution in [1.29, 1.82) is 0 Å². The van der Waals surface area contributed by atoms with E-state index in [1.165, 1.54) is 24.1 Å². The molecule has 9 rings (SSSR count). The topological polar surface area (TPSA) is 113 Å². The van der Waals surface area contributed by atoms with Crippen molar-refractivity contribution in [3.63, 3.8) is 0 Å². The highest BCUT2D eigenvalue weighted by atomic mass is 16.2. The Morgan fingerprint density at radius 2 is 1.68 bits per heavy atom. The zero-order chi connectivity index (χ0) is 43.1. The molecule has 1 unspecified atom stereocenters. The lowest BCUT2D eigenvalue weighted by Crippen LogP contribution is -2.53. The summed E-state index contributed by atoms with van der Waals surface area (Å²) in [5.41, 5.74) is 9.47. The van der Waals surface area contributed by atoms with Gasteiger partial charge in [0, 0.05) is 109 Å². The molecule has 3 fully saturated rings. The Balaban J connectivity index is 0.715. The van der Waals surface area contributed by atoms with Gasteiger partial charge in [0.05, 0.1) is 12.1 Å². The van der Waals surface area contributed by atoms with Crippen molar-refractivity contribution in [2.45, 2.75) is 109 Å². The Hall–Kier alpha value is -5.75. The number of piperidine rings is 2. The predicted molar refractivity (Wildman–Crippen MR) is 242 cm³/mol. The highest BCUT2D eigenvalue weighted by Gasteiger charge is 2.42. The third kappa shape index (κ3) is 7.71. The maximum atomic E-state index is 14.1. The number of fused-ring (bicyclic) bond motifs is 5. The molecule has 3 aromatic carbocycles. The minimum atomic E-state index is -0.618. The van der Waals surface area contributed by atoms with Gasteiger partial charge in [-0.15, -0.1) is 0 Å². The van der Waals surface area contributed by atoms with Gasteiger partial charge < -0.3 is 19.7 Å². The van der Waals surface area contributed by atoms with E-state index in [9.17, 15) is 19.2 Å². The molecule has 5 aliphatic rings. The maximum Gasteiger partial charge on any atom is 0.255 e. The van der Waals surface area contributed by atoms with E-state index in [1.54, 1.807) is 17.0 Å². The van der Waals surface area contributed by atoms with Crippen LogP contribution in [0, 0.1) is 18.4 Å². The molecule has 3 amide bonds. The third-order valence-electron chi connectivity index (χ3n) is 14.3. The van der Waals surface area contributed by atoms with Crippen LogP contribution in [0.25, 0.3) is 15.7 Å². The number of nitrogens with one attached hydrogen (secondary N) is 2. The van der Waals surface area contributed by atoms with Crippen LogP contribution in [-0.2, 0) is 28.0 Å². The first-order valence-corrected chi connectivity index (χ1v) is 22.8. The van der Waals surface area contributed by atoms with Crippen molar-refractivity contribution in [2.75, 3.05) is 50.7 Å². The summed E-state index contributed by atoms with van der Waals surface area (Å²) in [5.74, 6) is 5.87. The number of carbonyl (C=O) groups is 4. The molecule has 0 saturated carbocycles. The number of aromatic nitrogens is 1. The van der Waals surface area contributed by atoms with E-state index in [2.05, 4.69) is 74.6 Å². The number of benzene rings is 3. The molecule has 1 aromatic heterocycles. The number of ketones is 1. The molecule has 4 aromatic rings. The smallest absolute Gasteiger partial charge is 0.255 e. The van der Waals surface area contributed by atoms with Crippen molar-refractivity contribution < 1.29 is 19.2 Å². The van der Waals surface area contributed by atoms with E-state index in [-0.39, 0.29) is 29.4 Å². The van der Waals surface area contributed by atoms with Gasteiger partial charge in [0.1, 0.15) is 6.04 Å². The van der Waals surface area contributed by atoms with E-state index in [4.69, 9.17) is 6.57 Å². The van der Waals surface area contributed by atoms with E-state index < -0.39 is 11.9 Å². The monoisotopic (exact) mass is 831 g/mol. The number of nitrogens with zero attached hydrogens (tertiary/aromatic N) is 5. The summed E-state index contributed by atoms with van der Waals surface area (Å²) in [4.78, 5) is 68.0. The summed E-state index contributed by atoms with van der Waals surface area (Å²) in [6, 6.07) is 15.7. The molecule has 0 bridgehead atoms. The SMILES string of the molecule is [C-]#[N+]c1ccc2c3c([nH]c2c1)C(C)(C)c1cc(N2CCC(N4CCN(CCCCCCC#Cc5cccc6c5CN(C5CCC(=O)NC5=O)C6=O)CC4)CC2)c(CC)cc1C3=O. The fourth-order valence-electron chi connectivity index (χ4n) is 10.7. The number of unbranched alkanes of at least 4 members (excludes halogenated alkanes) is 4. The Morgan fingerprint density at radius 3 is 2.44 bits per heavy atom. The molecule has 1 aliphatic carbocycles. The minimum Gasteiger partial charge on any atom is -0.371 e. The fraction of sp³-hybridized carbons (Fsp3) is 0.471. The summed E-state index contributed by atoms with van der Waals surface area (Å²) in [6.07, 6.45) is 9.16. The first-order chi connectivity index (χ1) is 30.0. The van der Waals surface area contributed by atoms with Gasteiger partial charge in [-0.2, -0.15) is 0 Å². The second kappa shape index (κ2) is 17.2. The normalized spacial score (nSPS) is 20.4. The van der Waals surface area contributed by atoms with Crippen LogP contribution in [0.4, 0.5) is 11.4 Å². The van der Waals surface area contributed by atoms with Crippen molar-refractivity contribution in [3.05, 3.63) is 105 Å². The lowest BCUT2D eigenvalue weighted by atomic mass is 9.70. The third-order valence-corrected chi connectivity index (χ3v) is 14.3. The maximum absolute atomic E-state index is 14.1. The molecule has 2 N–H and O–H groups in total. The Morgan fingerprint density at radius 1 is 0.887 bits per heavy atom. The first-order valence-electron chi connectivity index (χ1n) is 22.8. The molecule has 11 nitrogen and oxygen atoms in total. The van der Waals surface area contributed by atoms with Gasteiger partial charge in [0.25, 0.3) is 5.91 Å². The zero-order valence-corrected chi connectivity index (χ0v) is 36.4. The number of piperazine rings is 1. The molecule has 11 heteroatoms. The van der Waals surface area contributed by atoms with E-state index in [1.807, 2.05) is 24.3 Å². The van der Waals surface area contributed by atoms with Crippen LogP contribution >= 0.6 is 0 Å². The van der Waals surface area contributed by atoms with Crippen molar-refractivity contribution in [2.24, 2.45) is 0 Å². The summed E-state index contributed by atoms with van der Waals surface area (Å²) in [7, 11) is 0. The molecule has 5 heterocycles. The van der Waals surface area contributed by atoms with Crippen molar-refractivity contribution in [3.8, 4) is 11.8 Å². The average Bonchev–Trinajstić information content (AvgIpc) is 3.85. The van der Waals surface area contributed by atoms with Crippen LogP contribution in [-0.4, -0.2) is 101 Å². The first kappa shape index (κ1) is 41.6. The molecule has 3 saturated heterocycles. The number of carbonyl (C=O) groups excluding carboxylic acids is 4. The predicted octanol–water partition coefficient (Wildman–Crippen LogP) is 7.50. The highest BCUT2D eigenvalue weighted by molar-refractivity contribution is 6.20. The molecule has 320 valence electrons. The Labute approximate surface area is 365 Å². The van der Waals surface area contributed by atoms with Gasteiger partial charge in [-0.25, -0.2) is 4.85 Å². The minimum absolute atomic E-state index is 0.0771. The van der Waals surface area contributed by atoms with Gasteiger partial charge in [-0.3, -0.25) is 29.4 Å². The number of hydrogen-bond donors (Lipinski definition) is 2. The van der Waals surface area contributed by atoms with Gasteiger partial charge in [-0.05, 0) is 92.1 Å². The number of anilines is 1. The molecule has 62 heavy (non-hydrogen) atoms. The fourth-order valence-corrected chi connectivity index (χ4v) is 10.7. The standard InChI is InChI=1S/C51H57N7O4/c1-5-33-29-39-41(51(2,3)48-46(47(39)60)38-17-16-35(52-4)30-42(38)53-48)31-44(33)57-23-20-36(21-24-57)56-27-25-55(26-28-56)22-11-9-7-6-8-10-13-34-14-12-15-37-40(34)32-58(50(37)62)43-18-19-45(59)54-49(43)61/h12,14-17,29-31,36,43,53H,5-9,11,18-28,32H2,1-3H3,(H,54,59,61). The lowest BCUT2D eigenvalue weighted by Gasteiger charge is -2.44. The number of H-pyrrole nitrogens is 1. The van der Waals surface area contributed by atoms with Crippen LogP contribution in [0.1, 0.15) is 133 Å². The number of rotatable bonds is 10. The molecule has 0 radical (unpaired) electrons. The van der Waals surface area contributed by atoms with Gasteiger partial charge in [0.2, 0.25) is 11.8 Å². The van der Waals surface area contributed by atoms with Gasteiger partial charge in [-0.1, -0.05) is 63.7 Å². The molecule has 1 atom stereocenters. The summed E-state index contributed by atoms with van der Waals surface area (Å²) in [5, 5.41) is 3.27. The van der Waals surface area contributed by atoms with Crippen LogP contribution in [0.15, 0.2) is 48.5 Å². The van der Waals surface area contributed by atoms with E-state index in [0.29, 0.717) is 30.3 Å². The lowest BCUT2D eigenvalue weighted by molar-refractivity contribution is -0.136. The highest BCUT2D eigenvalue weighted by Crippen LogP contribution is 2.46. The van der Waals surface area contributed by atoms with Crippen LogP contribution in [0.5, 0.6) is 0 Å². The van der Waals surface area contributed by atoms with Gasteiger partial charge in [0.15, 0.2) is 11.5 Å². The molecule has 0 spiro atoms. The second-order valence-corrected chi connectivity index (χ2v) is 18.3. The largest absolute Gasteiger partial charge is 0.371 e. The van der Waals surface area contributed by atoms with E-state index in [0.717, 1.165) is 129 Å². The number of aromatic amines is 1. The van der Waals surface area contributed by atoms with Crippen LogP contribution in [0.2, 0.25) is 0 Å². The van der Waals surface area contributed by atoms with E-state index >= 15 is 0 Å². The summed E-state index contributed by atoms with van der Waals surface area (Å²) >= 11 is 0. The van der Waals surface area contributed by atoms with Crippen LogP contribution in [0.3, 0.4) is 0 Å².